The van der Waals surface area contributed by atoms with Crippen LogP contribution in [0.4, 0.5) is 4.39 Å². The van der Waals surface area contributed by atoms with Crippen molar-refractivity contribution in [3.63, 3.8) is 0 Å². The van der Waals surface area contributed by atoms with Gasteiger partial charge in [0, 0.05) is 19.1 Å². The zero-order valence-electron chi connectivity index (χ0n) is 11.1. The second-order valence-corrected chi connectivity index (χ2v) is 5.58. The second kappa shape index (κ2) is 8.05. The van der Waals surface area contributed by atoms with E-state index in [4.69, 9.17) is 0 Å². The average molecular weight is 229 g/mol. The van der Waals surface area contributed by atoms with Crippen molar-refractivity contribution in [1.29, 1.82) is 0 Å². The van der Waals surface area contributed by atoms with E-state index >= 15 is 0 Å². The summed E-state index contributed by atoms with van der Waals surface area (Å²) in [6.45, 7) is 5.98. The molecule has 0 aromatic carbocycles. The molecule has 0 atom stereocenters. The van der Waals surface area contributed by atoms with Crippen LogP contribution in [0.5, 0.6) is 0 Å². The van der Waals surface area contributed by atoms with Crippen molar-refractivity contribution < 1.29 is 4.39 Å². The summed E-state index contributed by atoms with van der Waals surface area (Å²) in [5.74, 6) is 0.650. The lowest BCUT2D eigenvalue weighted by atomic mass is 9.95. The Kier molecular flexibility index (Phi) is 7.02. The number of alkyl halides is 1. The molecule has 1 aliphatic carbocycles. The van der Waals surface area contributed by atoms with Crippen LogP contribution in [0.15, 0.2) is 0 Å². The number of hydrogen-bond acceptors (Lipinski definition) is 1. The molecule has 0 bridgehead atoms. The van der Waals surface area contributed by atoms with Crippen molar-refractivity contribution in [2.24, 2.45) is 5.92 Å². The molecule has 0 aromatic rings. The molecule has 0 radical (unpaired) electrons. The van der Waals surface area contributed by atoms with E-state index in [1.165, 1.54) is 44.9 Å². The minimum atomic E-state index is -0.191. The predicted molar refractivity (Wildman–Crippen MR) is 68.5 cm³/mol. The van der Waals surface area contributed by atoms with Crippen molar-refractivity contribution in [3.8, 4) is 0 Å². The second-order valence-electron chi connectivity index (χ2n) is 5.58. The maximum Gasteiger partial charge on any atom is 0.102 e. The first-order valence-corrected chi connectivity index (χ1v) is 7.04. The van der Waals surface area contributed by atoms with Gasteiger partial charge in [0.15, 0.2) is 0 Å². The largest absolute Gasteiger partial charge is 0.298 e. The molecule has 0 aliphatic heterocycles. The molecule has 0 spiro atoms. The van der Waals surface area contributed by atoms with E-state index in [-0.39, 0.29) is 6.67 Å². The molecule has 1 saturated carbocycles. The number of halogens is 1. The van der Waals surface area contributed by atoms with Gasteiger partial charge < -0.3 is 0 Å². The highest BCUT2D eigenvalue weighted by atomic mass is 19.1. The quantitative estimate of drug-likeness (QED) is 0.688. The third-order valence-corrected chi connectivity index (χ3v) is 3.56. The van der Waals surface area contributed by atoms with Crippen molar-refractivity contribution in [1.82, 2.24) is 4.90 Å². The average Bonchev–Trinajstić information content (AvgIpc) is 2.15. The highest BCUT2D eigenvalue weighted by molar-refractivity contribution is 4.74. The zero-order valence-corrected chi connectivity index (χ0v) is 11.1. The summed E-state index contributed by atoms with van der Waals surface area (Å²) in [5.41, 5.74) is 0. The molecule has 0 heterocycles. The summed E-state index contributed by atoms with van der Waals surface area (Å²) in [5, 5.41) is 0. The van der Waals surface area contributed by atoms with Gasteiger partial charge in [0.25, 0.3) is 0 Å². The highest BCUT2D eigenvalue weighted by Gasteiger charge is 2.19. The molecular formula is C14H28FN. The molecular weight excluding hydrogens is 201 g/mol. The summed E-state index contributed by atoms with van der Waals surface area (Å²) in [4.78, 5) is 2.40. The monoisotopic (exact) mass is 229 g/mol. The Morgan fingerprint density at radius 1 is 1.06 bits per heavy atom. The Labute approximate surface area is 100 Å². The van der Waals surface area contributed by atoms with Gasteiger partial charge in [-0.15, -0.1) is 0 Å². The third-order valence-electron chi connectivity index (χ3n) is 3.56. The first-order chi connectivity index (χ1) is 7.74. The summed E-state index contributed by atoms with van der Waals surface area (Å²) in [6.07, 6.45) is 9.40. The van der Waals surface area contributed by atoms with Crippen LogP contribution < -0.4 is 0 Å². The van der Waals surface area contributed by atoms with Crippen molar-refractivity contribution in [2.45, 2.75) is 64.8 Å². The summed E-state index contributed by atoms with van der Waals surface area (Å²) in [7, 11) is 0. The molecule has 1 fully saturated rings. The van der Waals surface area contributed by atoms with E-state index in [0.29, 0.717) is 18.5 Å². The SMILES string of the molecule is CC(C)CN(CCF)C1CCCCCCC1. The van der Waals surface area contributed by atoms with Gasteiger partial charge in [0.1, 0.15) is 6.67 Å². The summed E-state index contributed by atoms with van der Waals surface area (Å²) >= 11 is 0. The van der Waals surface area contributed by atoms with Crippen molar-refractivity contribution >= 4 is 0 Å². The molecule has 2 heteroatoms. The lowest BCUT2D eigenvalue weighted by molar-refractivity contribution is 0.138. The van der Waals surface area contributed by atoms with Gasteiger partial charge in [-0.05, 0) is 18.8 Å². The van der Waals surface area contributed by atoms with Crippen LogP contribution in [0.3, 0.4) is 0 Å². The van der Waals surface area contributed by atoms with Gasteiger partial charge in [-0.1, -0.05) is 46.0 Å². The van der Waals surface area contributed by atoms with Gasteiger partial charge in [-0.3, -0.25) is 4.90 Å². The van der Waals surface area contributed by atoms with E-state index in [1.807, 2.05) is 0 Å². The van der Waals surface area contributed by atoms with Crippen LogP contribution >= 0.6 is 0 Å². The first-order valence-electron chi connectivity index (χ1n) is 7.04. The minimum absolute atomic E-state index is 0.191. The molecule has 0 unspecified atom stereocenters. The normalized spacial score (nSPS) is 20.1. The fraction of sp³-hybridized carbons (Fsp3) is 1.00. The lowest BCUT2D eigenvalue weighted by Gasteiger charge is -2.33. The minimum Gasteiger partial charge on any atom is -0.298 e. The van der Waals surface area contributed by atoms with Crippen LogP contribution in [0.25, 0.3) is 0 Å². The standard InChI is InChI=1S/C14H28FN/c1-13(2)12-16(11-10-15)14-8-6-4-3-5-7-9-14/h13-14H,3-12H2,1-2H3. The van der Waals surface area contributed by atoms with E-state index in [1.54, 1.807) is 0 Å². The van der Waals surface area contributed by atoms with Gasteiger partial charge in [-0.25, -0.2) is 4.39 Å². The van der Waals surface area contributed by atoms with Gasteiger partial charge in [0.05, 0.1) is 0 Å². The predicted octanol–water partition coefficient (Wildman–Crippen LogP) is 4.03. The maximum absolute atomic E-state index is 12.6. The van der Waals surface area contributed by atoms with E-state index < -0.39 is 0 Å². The molecule has 0 N–H and O–H groups in total. The molecule has 0 saturated heterocycles. The molecule has 1 aliphatic rings. The molecule has 16 heavy (non-hydrogen) atoms. The van der Waals surface area contributed by atoms with Gasteiger partial charge >= 0.3 is 0 Å². The van der Waals surface area contributed by atoms with Gasteiger partial charge in [-0.2, -0.15) is 0 Å². The molecule has 1 rings (SSSR count). The Morgan fingerprint density at radius 3 is 2.12 bits per heavy atom. The van der Waals surface area contributed by atoms with Crippen molar-refractivity contribution in [3.05, 3.63) is 0 Å². The van der Waals surface area contributed by atoms with Crippen LogP contribution in [0.2, 0.25) is 0 Å². The molecule has 1 nitrogen and oxygen atoms in total. The van der Waals surface area contributed by atoms with Crippen LogP contribution in [-0.2, 0) is 0 Å². The Morgan fingerprint density at radius 2 is 1.62 bits per heavy atom. The molecule has 96 valence electrons. The smallest absolute Gasteiger partial charge is 0.102 e. The first kappa shape index (κ1) is 14.0. The zero-order chi connectivity index (χ0) is 11.8. The lowest BCUT2D eigenvalue weighted by Crippen LogP contribution is -2.39. The highest BCUT2D eigenvalue weighted by Crippen LogP contribution is 2.22. The Hall–Kier alpha value is -0.110. The fourth-order valence-electron chi connectivity index (χ4n) is 2.80. The van der Waals surface area contributed by atoms with Gasteiger partial charge in [0.2, 0.25) is 0 Å². The topological polar surface area (TPSA) is 3.24 Å². The number of hydrogen-bond donors (Lipinski definition) is 0. The van der Waals surface area contributed by atoms with E-state index in [9.17, 15) is 4.39 Å². The van der Waals surface area contributed by atoms with Crippen LogP contribution in [0, 0.1) is 5.92 Å². The fourth-order valence-corrected chi connectivity index (χ4v) is 2.80. The number of rotatable bonds is 5. The Balaban J connectivity index is 2.45. The number of nitrogens with zero attached hydrogens (tertiary/aromatic N) is 1. The van der Waals surface area contributed by atoms with Crippen molar-refractivity contribution in [2.75, 3.05) is 19.8 Å². The Bertz CT molecular complexity index is 162. The molecule has 0 amide bonds. The van der Waals surface area contributed by atoms with E-state index in [2.05, 4.69) is 18.7 Å². The molecule has 0 aromatic heterocycles. The third kappa shape index (κ3) is 5.29. The summed E-state index contributed by atoms with van der Waals surface area (Å²) < 4.78 is 12.6. The van der Waals surface area contributed by atoms with Crippen LogP contribution in [-0.4, -0.2) is 30.7 Å². The van der Waals surface area contributed by atoms with Crippen LogP contribution in [0.1, 0.15) is 58.8 Å². The summed E-state index contributed by atoms with van der Waals surface area (Å²) in [6, 6.07) is 0.651. The maximum atomic E-state index is 12.6. The van der Waals surface area contributed by atoms with E-state index in [0.717, 1.165) is 6.54 Å².